The SMILES string of the molecule is CCCN(CCC)S(=O)(=O)c1ccc(N)c(F)c1. The van der Waals surface area contributed by atoms with Gasteiger partial charge in [-0.2, -0.15) is 4.31 Å². The van der Waals surface area contributed by atoms with Crippen molar-refractivity contribution in [2.45, 2.75) is 31.6 Å². The summed E-state index contributed by atoms with van der Waals surface area (Å²) in [5.41, 5.74) is 5.29. The van der Waals surface area contributed by atoms with Gasteiger partial charge in [-0.15, -0.1) is 0 Å². The summed E-state index contributed by atoms with van der Waals surface area (Å²) in [6, 6.07) is 3.59. The van der Waals surface area contributed by atoms with Crippen molar-refractivity contribution in [3.05, 3.63) is 24.0 Å². The van der Waals surface area contributed by atoms with Crippen LogP contribution in [0, 0.1) is 5.82 Å². The van der Waals surface area contributed by atoms with Crippen molar-refractivity contribution in [2.75, 3.05) is 18.8 Å². The molecular weight excluding hydrogens is 255 g/mol. The number of benzene rings is 1. The molecule has 0 bridgehead atoms. The molecule has 1 aromatic rings. The quantitative estimate of drug-likeness (QED) is 0.809. The molecule has 1 aromatic carbocycles. The lowest BCUT2D eigenvalue weighted by Gasteiger charge is -2.21. The highest BCUT2D eigenvalue weighted by atomic mass is 32.2. The topological polar surface area (TPSA) is 63.4 Å². The van der Waals surface area contributed by atoms with Gasteiger partial charge in [-0.25, -0.2) is 12.8 Å². The maximum absolute atomic E-state index is 13.3. The number of hydrogen-bond donors (Lipinski definition) is 1. The van der Waals surface area contributed by atoms with E-state index < -0.39 is 15.8 Å². The highest BCUT2D eigenvalue weighted by molar-refractivity contribution is 7.89. The number of hydrogen-bond acceptors (Lipinski definition) is 3. The molecule has 0 aliphatic carbocycles. The van der Waals surface area contributed by atoms with E-state index in [4.69, 9.17) is 5.73 Å². The van der Waals surface area contributed by atoms with Gasteiger partial charge >= 0.3 is 0 Å². The molecule has 0 saturated heterocycles. The Kier molecular flexibility index (Phi) is 5.10. The summed E-state index contributed by atoms with van der Waals surface area (Å²) in [6.45, 7) is 4.67. The van der Waals surface area contributed by atoms with E-state index in [-0.39, 0.29) is 10.6 Å². The van der Waals surface area contributed by atoms with Gasteiger partial charge in [0.15, 0.2) is 0 Å². The van der Waals surface area contributed by atoms with Crippen molar-refractivity contribution in [3.8, 4) is 0 Å². The van der Waals surface area contributed by atoms with Gasteiger partial charge in [-0.1, -0.05) is 13.8 Å². The van der Waals surface area contributed by atoms with E-state index in [1.54, 1.807) is 0 Å². The molecule has 0 radical (unpaired) electrons. The fraction of sp³-hybridized carbons (Fsp3) is 0.500. The van der Waals surface area contributed by atoms with Gasteiger partial charge in [-0.3, -0.25) is 0 Å². The first-order valence-electron chi connectivity index (χ1n) is 5.98. The third-order valence-electron chi connectivity index (χ3n) is 2.56. The normalized spacial score (nSPS) is 12.0. The van der Waals surface area contributed by atoms with Crippen LogP contribution in [0.15, 0.2) is 23.1 Å². The Morgan fingerprint density at radius 1 is 1.22 bits per heavy atom. The summed E-state index contributed by atoms with van der Waals surface area (Å²) in [7, 11) is -3.63. The summed E-state index contributed by atoms with van der Waals surface area (Å²) in [5, 5.41) is 0. The van der Waals surface area contributed by atoms with E-state index in [1.165, 1.54) is 16.4 Å². The first-order chi connectivity index (χ1) is 8.43. The predicted octanol–water partition coefficient (Wildman–Crippen LogP) is 2.22. The summed E-state index contributed by atoms with van der Waals surface area (Å²) < 4.78 is 39.3. The summed E-state index contributed by atoms with van der Waals surface area (Å²) in [6.07, 6.45) is 1.44. The smallest absolute Gasteiger partial charge is 0.243 e. The van der Waals surface area contributed by atoms with Gasteiger partial charge in [0, 0.05) is 13.1 Å². The van der Waals surface area contributed by atoms with Crippen LogP contribution in [0.25, 0.3) is 0 Å². The molecule has 0 aliphatic rings. The van der Waals surface area contributed by atoms with E-state index in [0.717, 1.165) is 18.9 Å². The van der Waals surface area contributed by atoms with E-state index in [1.807, 2.05) is 13.8 Å². The molecule has 0 saturated carbocycles. The number of nitrogens with two attached hydrogens (primary N) is 1. The maximum Gasteiger partial charge on any atom is 0.243 e. The molecule has 0 aromatic heterocycles. The fourth-order valence-electron chi connectivity index (χ4n) is 1.67. The van der Waals surface area contributed by atoms with Gasteiger partial charge < -0.3 is 5.73 Å². The second-order valence-corrected chi connectivity index (χ2v) is 6.03. The summed E-state index contributed by atoms with van der Waals surface area (Å²) in [5.74, 6) is -0.705. The van der Waals surface area contributed by atoms with Crippen molar-refractivity contribution >= 4 is 15.7 Å². The van der Waals surface area contributed by atoms with E-state index in [2.05, 4.69) is 0 Å². The Balaban J connectivity index is 3.13. The molecule has 0 fully saturated rings. The molecule has 6 heteroatoms. The molecule has 4 nitrogen and oxygen atoms in total. The minimum Gasteiger partial charge on any atom is -0.396 e. The second-order valence-electron chi connectivity index (χ2n) is 4.09. The molecule has 2 N–H and O–H groups in total. The van der Waals surface area contributed by atoms with Gasteiger partial charge in [-0.05, 0) is 31.0 Å². The van der Waals surface area contributed by atoms with Crippen molar-refractivity contribution < 1.29 is 12.8 Å². The van der Waals surface area contributed by atoms with Crippen LogP contribution in [-0.4, -0.2) is 25.8 Å². The zero-order chi connectivity index (χ0) is 13.8. The number of sulfonamides is 1. The molecule has 0 amide bonds. The van der Waals surface area contributed by atoms with Crippen molar-refractivity contribution in [1.29, 1.82) is 0 Å². The lowest BCUT2D eigenvalue weighted by atomic mass is 10.3. The molecule has 0 aliphatic heterocycles. The van der Waals surface area contributed by atoms with E-state index in [9.17, 15) is 12.8 Å². The van der Waals surface area contributed by atoms with Crippen molar-refractivity contribution in [1.82, 2.24) is 4.31 Å². The molecular formula is C12H19FN2O2S. The Morgan fingerprint density at radius 2 is 1.78 bits per heavy atom. The molecule has 18 heavy (non-hydrogen) atoms. The van der Waals surface area contributed by atoms with E-state index in [0.29, 0.717) is 13.1 Å². The molecule has 0 heterocycles. The lowest BCUT2D eigenvalue weighted by molar-refractivity contribution is 0.409. The van der Waals surface area contributed by atoms with Gasteiger partial charge in [0.25, 0.3) is 0 Å². The highest BCUT2D eigenvalue weighted by Gasteiger charge is 2.23. The van der Waals surface area contributed by atoms with Gasteiger partial charge in [0.1, 0.15) is 5.82 Å². The van der Waals surface area contributed by atoms with Crippen LogP contribution in [0.1, 0.15) is 26.7 Å². The fourth-order valence-corrected chi connectivity index (χ4v) is 3.30. The second kappa shape index (κ2) is 6.15. The largest absolute Gasteiger partial charge is 0.396 e. The third-order valence-corrected chi connectivity index (χ3v) is 4.45. The Hall–Kier alpha value is -1.14. The highest BCUT2D eigenvalue weighted by Crippen LogP contribution is 2.20. The molecule has 102 valence electrons. The van der Waals surface area contributed by atoms with Crippen LogP contribution in [0.2, 0.25) is 0 Å². The average Bonchev–Trinajstić information content (AvgIpc) is 2.32. The van der Waals surface area contributed by atoms with Crippen LogP contribution in [0.4, 0.5) is 10.1 Å². The molecule has 0 atom stereocenters. The number of nitrogen functional groups attached to an aromatic ring is 1. The summed E-state index contributed by atoms with van der Waals surface area (Å²) >= 11 is 0. The number of anilines is 1. The first-order valence-corrected chi connectivity index (χ1v) is 7.42. The number of rotatable bonds is 6. The minimum atomic E-state index is -3.63. The minimum absolute atomic E-state index is 0.0453. The van der Waals surface area contributed by atoms with Crippen LogP contribution >= 0.6 is 0 Å². The van der Waals surface area contributed by atoms with Crippen LogP contribution in [0.3, 0.4) is 0 Å². The molecule has 0 unspecified atom stereocenters. The van der Waals surface area contributed by atoms with Gasteiger partial charge in [0.2, 0.25) is 10.0 Å². The number of halogens is 1. The zero-order valence-corrected chi connectivity index (χ0v) is 11.5. The zero-order valence-electron chi connectivity index (χ0n) is 10.7. The van der Waals surface area contributed by atoms with Crippen molar-refractivity contribution in [3.63, 3.8) is 0 Å². The van der Waals surface area contributed by atoms with Crippen LogP contribution in [0.5, 0.6) is 0 Å². The lowest BCUT2D eigenvalue weighted by Crippen LogP contribution is -2.32. The Bertz CT molecular complexity index is 497. The maximum atomic E-state index is 13.3. The molecule has 1 rings (SSSR count). The standard InChI is InChI=1S/C12H19FN2O2S/c1-3-7-15(8-4-2)18(16,17)10-5-6-12(14)11(13)9-10/h5-6,9H,3-4,7-8,14H2,1-2H3. The van der Waals surface area contributed by atoms with Crippen molar-refractivity contribution in [2.24, 2.45) is 0 Å². The average molecular weight is 274 g/mol. The monoisotopic (exact) mass is 274 g/mol. The van der Waals surface area contributed by atoms with Crippen LogP contribution < -0.4 is 5.73 Å². The third kappa shape index (κ3) is 3.20. The van der Waals surface area contributed by atoms with E-state index >= 15 is 0 Å². The Morgan fingerprint density at radius 3 is 2.22 bits per heavy atom. The Labute approximate surface area is 108 Å². The predicted molar refractivity (Wildman–Crippen MR) is 70.2 cm³/mol. The first kappa shape index (κ1) is 14.9. The summed E-state index contributed by atoms with van der Waals surface area (Å²) in [4.78, 5) is -0.0453. The van der Waals surface area contributed by atoms with Crippen LogP contribution in [-0.2, 0) is 10.0 Å². The number of nitrogens with zero attached hydrogens (tertiary/aromatic N) is 1. The van der Waals surface area contributed by atoms with Gasteiger partial charge in [0.05, 0.1) is 10.6 Å². The molecule has 0 spiro atoms.